The van der Waals surface area contributed by atoms with Crippen molar-refractivity contribution in [2.45, 2.75) is 32.9 Å². The number of piperidine rings is 1. The molecule has 2 fully saturated rings. The lowest BCUT2D eigenvalue weighted by molar-refractivity contribution is 0.189. The van der Waals surface area contributed by atoms with Crippen molar-refractivity contribution in [1.29, 1.82) is 0 Å². The number of benzene rings is 1. The Morgan fingerprint density at radius 2 is 1.97 bits per heavy atom. The van der Waals surface area contributed by atoms with Gasteiger partial charge in [0.25, 0.3) is 0 Å². The van der Waals surface area contributed by atoms with Crippen molar-refractivity contribution in [3.63, 3.8) is 0 Å². The molecule has 2 atom stereocenters. The Hall–Kier alpha value is -1.42. The number of thioether (sulfide) groups is 1. The zero-order valence-electron chi connectivity index (χ0n) is 18.6. The SMILES string of the molecule is CCNC(=NCc1ccc(N2CCSCC2)cc1)N1CCC(C)C(n2ccnc2)C1.I. The number of aliphatic imine (C=N–C) groups is 1. The first-order valence-corrected chi connectivity index (χ1v) is 12.3. The fourth-order valence-electron chi connectivity index (χ4n) is 4.32. The fourth-order valence-corrected chi connectivity index (χ4v) is 5.22. The summed E-state index contributed by atoms with van der Waals surface area (Å²) in [5.41, 5.74) is 2.60. The Labute approximate surface area is 207 Å². The van der Waals surface area contributed by atoms with E-state index >= 15 is 0 Å². The summed E-state index contributed by atoms with van der Waals surface area (Å²) in [4.78, 5) is 14.1. The van der Waals surface area contributed by atoms with E-state index in [4.69, 9.17) is 4.99 Å². The van der Waals surface area contributed by atoms with Crippen LogP contribution in [0.4, 0.5) is 5.69 Å². The van der Waals surface area contributed by atoms with Crippen LogP contribution in [0.3, 0.4) is 0 Å². The van der Waals surface area contributed by atoms with Gasteiger partial charge in [0.2, 0.25) is 0 Å². The highest BCUT2D eigenvalue weighted by Gasteiger charge is 2.28. The second-order valence-corrected chi connectivity index (χ2v) is 9.45. The standard InChI is InChI=1S/C23H34N6S.HI/c1-3-25-23(28-10-8-19(2)22(17-28)29-11-9-24-18-29)26-16-20-4-6-21(7-5-20)27-12-14-30-15-13-27;/h4-7,9,11,18-19,22H,3,8,10,12-17H2,1-2H3,(H,25,26);1H. The first-order valence-electron chi connectivity index (χ1n) is 11.2. The molecule has 6 nitrogen and oxygen atoms in total. The van der Waals surface area contributed by atoms with Crippen molar-refractivity contribution in [1.82, 2.24) is 19.8 Å². The topological polar surface area (TPSA) is 48.7 Å². The van der Waals surface area contributed by atoms with Gasteiger partial charge in [-0.05, 0) is 37.0 Å². The van der Waals surface area contributed by atoms with Gasteiger partial charge < -0.3 is 19.7 Å². The van der Waals surface area contributed by atoms with Crippen LogP contribution in [0.5, 0.6) is 0 Å². The molecule has 170 valence electrons. The van der Waals surface area contributed by atoms with Crippen LogP contribution in [-0.4, -0.2) is 64.6 Å². The van der Waals surface area contributed by atoms with Gasteiger partial charge in [0, 0.05) is 62.3 Å². The van der Waals surface area contributed by atoms with E-state index < -0.39 is 0 Å². The first-order chi connectivity index (χ1) is 14.7. The van der Waals surface area contributed by atoms with Gasteiger partial charge in [-0.3, -0.25) is 0 Å². The highest BCUT2D eigenvalue weighted by atomic mass is 127. The first kappa shape index (κ1) is 24.2. The maximum absolute atomic E-state index is 4.98. The molecule has 3 heterocycles. The molecule has 8 heteroatoms. The number of halogens is 1. The molecule has 2 aliphatic heterocycles. The maximum Gasteiger partial charge on any atom is 0.194 e. The summed E-state index contributed by atoms with van der Waals surface area (Å²) < 4.78 is 2.25. The molecule has 0 amide bonds. The zero-order valence-corrected chi connectivity index (χ0v) is 21.8. The molecule has 1 N–H and O–H groups in total. The monoisotopic (exact) mass is 554 g/mol. The van der Waals surface area contributed by atoms with E-state index in [9.17, 15) is 0 Å². The van der Waals surface area contributed by atoms with Gasteiger partial charge in [0.05, 0.1) is 18.9 Å². The van der Waals surface area contributed by atoms with Gasteiger partial charge in [0.1, 0.15) is 0 Å². The summed E-state index contributed by atoms with van der Waals surface area (Å²) in [5.74, 6) is 4.12. The van der Waals surface area contributed by atoms with Crippen LogP contribution in [0, 0.1) is 5.92 Å². The van der Waals surface area contributed by atoms with E-state index in [0.29, 0.717) is 18.5 Å². The number of rotatable bonds is 5. The highest BCUT2D eigenvalue weighted by molar-refractivity contribution is 14.0. The van der Waals surface area contributed by atoms with Crippen LogP contribution < -0.4 is 10.2 Å². The molecule has 0 bridgehead atoms. The van der Waals surface area contributed by atoms with Crippen LogP contribution in [0.15, 0.2) is 48.0 Å². The molecule has 0 radical (unpaired) electrons. The smallest absolute Gasteiger partial charge is 0.194 e. The summed E-state index contributed by atoms with van der Waals surface area (Å²) >= 11 is 2.05. The summed E-state index contributed by atoms with van der Waals surface area (Å²) in [7, 11) is 0. The van der Waals surface area contributed by atoms with Crippen LogP contribution in [0.25, 0.3) is 0 Å². The van der Waals surface area contributed by atoms with Crippen LogP contribution in [-0.2, 0) is 6.54 Å². The Morgan fingerprint density at radius 3 is 2.65 bits per heavy atom. The zero-order chi connectivity index (χ0) is 20.8. The molecule has 0 aliphatic carbocycles. The minimum atomic E-state index is 0. The Morgan fingerprint density at radius 1 is 1.19 bits per heavy atom. The normalized spacial score (nSPS) is 22.2. The van der Waals surface area contributed by atoms with E-state index in [0.717, 1.165) is 45.1 Å². The van der Waals surface area contributed by atoms with E-state index in [-0.39, 0.29) is 24.0 Å². The summed E-state index contributed by atoms with van der Waals surface area (Å²) in [6.45, 7) is 10.4. The second kappa shape index (κ2) is 12.0. The van der Waals surface area contributed by atoms with Crippen LogP contribution in [0.1, 0.15) is 31.9 Å². The number of hydrogen-bond donors (Lipinski definition) is 1. The average molecular weight is 555 g/mol. The van der Waals surface area contributed by atoms with Crippen molar-refractivity contribution < 1.29 is 0 Å². The number of imidazole rings is 1. The molecule has 2 unspecified atom stereocenters. The van der Waals surface area contributed by atoms with E-state index in [1.54, 1.807) is 0 Å². The van der Waals surface area contributed by atoms with E-state index in [2.05, 4.69) is 69.0 Å². The van der Waals surface area contributed by atoms with Gasteiger partial charge in [0.15, 0.2) is 5.96 Å². The Balaban J connectivity index is 0.00000272. The number of aromatic nitrogens is 2. The molecule has 4 rings (SSSR count). The third-order valence-corrected chi connectivity index (χ3v) is 7.13. The van der Waals surface area contributed by atoms with E-state index in [1.165, 1.54) is 22.8 Å². The van der Waals surface area contributed by atoms with Gasteiger partial charge in [-0.2, -0.15) is 11.8 Å². The predicted octanol–water partition coefficient (Wildman–Crippen LogP) is 4.10. The number of likely N-dealkylation sites (tertiary alicyclic amines) is 1. The van der Waals surface area contributed by atoms with Crippen molar-refractivity contribution in [3.05, 3.63) is 48.5 Å². The molecule has 0 spiro atoms. The molecule has 2 aliphatic rings. The van der Waals surface area contributed by atoms with Crippen molar-refractivity contribution >= 4 is 47.4 Å². The average Bonchev–Trinajstić information content (AvgIpc) is 3.33. The Kier molecular flexibility index (Phi) is 9.37. The lowest BCUT2D eigenvalue weighted by Crippen LogP contribution is -2.49. The van der Waals surface area contributed by atoms with Gasteiger partial charge in [-0.1, -0.05) is 19.1 Å². The highest BCUT2D eigenvalue weighted by Crippen LogP contribution is 2.27. The fraction of sp³-hybridized carbons (Fsp3) is 0.565. The van der Waals surface area contributed by atoms with Crippen molar-refractivity contribution in [2.24, 2.45) is 10.9 Å². The maximum atomic E-state index is 4.98. The number of nitrogens with one attached hydrogen (secondary N) is 1. The molecule has 2 saturated heterocycles. The van der Waals surface area contributed by atoms with Crippen molar-refractivity contribution in [3.8, 4) is 0 Å². The number of anilines is 1. The summed E-state index contributed by atoms with van der Waals surface area (Å²) in [5, 5.41) is 3.51. The third kappa shape index (κ3) is 6.31. The lowest BCUT2D eigenvalue weighted by atomic mass is 9.93. The molecule has 31 heavy (non-hydrogen) atoms. The van der Waals surface area contributed by atoms with Crippen LogP contribution in [0.2, 0.25) is 0 Å². The van der Waals surface area contributed by atoms with Gasteiger partial charge in [-0.25, -0.2) is 9.98 Å². The minimum Gasteiger partial charge on any atom is -0.370 e. The summed E-state index contributed by atoms with van der Waals surface area (Å²) in [6.07, 6.45) is 7.06. The number of guanidine groups is 1. The molecule has 0 saturated carbocycles. The van der Waals surface area contributed by atoms with Gasteiger partial charge >= 0.3 is 0 Å². The molecule has 1 aromatic heterocycles. The number of nitrogens with zero attached hydrogens (tertiary/aromatic N) is 5. The third-order valence-electron chi connectivity index (χ3n) is 6.18. The minimum absolute atomic E-state index is 0. The van der Waals surface area contributed by atoms with Crippen molar-refractivity contribution in [2.75, 3.05) is 49.1 Å². The van der Waals surface area contributed by atoms with Gasteiger partial charge in [-0.15, -0.1) is 24.0 Å². The quantitative estimate of drug-likeness (QED) is 0.343. The number of hydrogen-bond acceptors (Lipinski definition) is 4. The molecular formula is C23H35IN6S. The molecule has 2 aromatic rings. The van der Waals surface area contributed by atoms with Crippen LogP contribution >= 0.6 is 35.7 Å². The summed E-state index contributed by atoms with van der Waals surface area (Å²) in [6, 6.07) is 9.41. The Bertz CT molecular complexity index is 804. The predicted molar refractivity (Wildman–Crippen MR) is 143 cm³/mol. The molecule has 1 aromatic carbocycles. The largest absolute Gasteiger partial charge is 0.370 e. The second-order valence-electron chi connectivity index (χ2n) is 8.23. The lowest BCUT2D eigenvalue weighted by Gasteiger charge is -2.39. The molecular weight excluding hydrogens is 519 g/mol. The van der Waals surface area contributed by atoms with E-state index in [1.807, 2.05) is 24.3 Å².